The number of sulfonamides is 1. The highest BCUT2D eigenvalue weighted by Crippen LogP contribution is 2.23. The maximum absolute atomic E-state index is 12.1. The van der Waals surface area contributed by atoms with E-state index in [9.17, 15) is 13.2 Å². The van der Waals surface area contributed by atoms with Crippen molar-refractivity contribution >= 4 is 16.0 Å². The van der Waals surface area contributed by atoms with Gasteiger partial charge in [-0.15, -0.1) is 0 Å². The largest absolute Gasteiger partial charge is 0.481 e. The molecule has 0 aromatic carbocycles. The molecular weight excluding hydrogens is 244 g/mol. The van der Waals surface area contributed by atoms with Crippen LogP contribution in [-0.4, -0.2) is 41.9 Å². The van der Waals surface area contributed by atoms with Gasteiger partial charge in [-0.2, -0.15) is 4.31 Å². The van der Waals surface area contributed by atoms with Gasteiger partial charge in [0.1, 0.15) is 4.90 Å². The molecule has 0 saturated carbocycles. The lowest BCUT2D eigenvalue weighted by molar-refractivity contribution is -0.141. The quantitative estimate of drug-likeness (QED) is 0.833. The Morgan fingerprint density at radius 2 is 2.29 bits per heavy atom. The fourth-order valence-electron chi connectivity index (χ4n) is 1.80. The topological polar surface area (TPSA) is 87.6 Å². The molecule has 6 nitrogen and oxygen atoms in total. The maximum atomic E-state index is 12.1. The third-order valence-corrected chi connectivity index (χ3v) is 4.62. The van der Waals surface area contributed by atoms with Gasteiger partial charge in [0, 0.05) is 25.5 Å². The number of nitrogens with zero attached hydrogens (tertiary/aromatic N) is 2. The molecule has 1 unspecified atom stereocenters. The van der Waals surface area contributed by atoms with Crippen molar-refractivity contribution in [1.29, 1.82) is 0 Å². The number of carboxylic acids is 1. The Hall–Kier alpha value is -1.47. The van der Waals surface area contributed by atoms with E-state index < -0.39 is 21.9 Å². The average Bonchev–Trinajstić information content (AvgIpc) is 2.80. The Kier molecular flexibility index (Phi) is 3.12. The molecule has 0 spiro atoms. The van der Waals surface area contributed by atoms with Gasteiger partial charge in [0.2, 0.25) is 10.0 Å². The highest BCUT2D eigenvalue weighted by atomic mass is 32.2. The van der Waals surface area contributed by atoms with E-state index >= 15 is 0 Å². The molecule has 17 heavy (non-hydrogen) atoms. The molecular formula is C10H12N2O4S. The zero-order valence-corrected chi connectivity index (χ0v) is 9.80. The lowest BCUT2D eigenvalue weighted by atomic mass is 10.1. The van der Waals surface area contributed by atoms with Gasteiger partial charge in [0.15, 0.2) is 0 Å². The van der Waals surface area contributed by atoms with E-state index in [2.05, 4.69) is 4.98 Å². The van der Waals surface area contributed by atoms with Gasteiger partial charge in [-0.25, -0.2) is 8.42 Å². The Morgan fingerprint density at radius 1 is 1.53 bits per heavy atom. The Labute approximate surface area is 98.9 Å². The second-order valence-corrected chi connectivity index (χ2v) is 5.81. The van der Waals surface area contributed by atoms with Crippen molar-refractivity contribution in [1.82, 2.24) is 9.29 Å². The minimum atomic E-state index is -3.60. The molecule has 92 valence electrons. The molecule has 1 fully saturated rings. The third kappa shape index (κ3) is 2.29. The van der Waals surface area contributed by atoms with Crippen LogP contribution < -0.4 is 0 Å². The number of hydrogen-bond acceptors (Lipinski definition) is 4. The van der Waals surface area contributed by atoms with E-state index in [0.29, 0.717) is 6.42 Å². The molecule has 1 saturated heterocycles. The van der Waals surface area contributed by atoms with Crippen LogP contribution >= 0.6 is 0 Å². The second-order valence-electron chi connectivity index (χ2n) is 3.88. The van der Waals surface area contributed by atoms with Gasteiger partial charge in [-0.05, 0) is 18.6 Å². The minimum absolute atomic E-state index is 0.0343. The van der Waals surface area contributed by atoms with Crippen molar-refractivity contribution in [2.24, 2.45) is 5.92 Å². The molecule has 1 aliphatic heterocycles. The number of aromatic nitrogens is 1. The van der Waals surface area contributed by atoms with Crippen molar-refractivity contribution in [2.45, 2.75) is 11.3 Å². The van der Waals surface area contributed by atoms with Gasteiger partial charge in [-0.1, -0.05) is 0 Å². The summed E-state index contributed by atoms with van der Waals surface area (Å²) >= 11 is 0. The molecule has 0 radical (unpaired) electrons. The summed E-state index contributed by atoms with van der Waals surface area (Å²) in [4.78, 5) is 14.6. The zero-order chi connectivity index (χ0) is 12.5. The van der Waals surface area contributed by atoms with Crippen LogP contribution in [0.1, 0.15) is 6.42 Å². The Morgan fingerprint density at radius 3 is 2.82 bits per heavy atom. The third-order valence-electron chi connectivity index (χ3n) is 2.77. The van der Waals surface area contributed by atoms with E-state index in [4.69, 9.17) is 5.11 Å². The predicted molar refractivity (Wildman–Crippen MR) is 58.7 cm³/mol. The van der Waals surface area contributed by atoms with E-state index in [1.54, 1.807) is 0 Å². The van der Waals surface area contributed by atoms with Crippen molar-refractivity contribution in [3.05, 3.63) is 24.5 Å². The van der Waals surface area contributed by atoms with Crippen LogP contribution in [0.4, 0.5) is 0 Å². The van der Waals surface area contributed by atoms with Gasteiger partial charge >= 0.3 is 5.97 Å². The smallest absolute Gasteiger partial charge is 0.307 e. The monoisotopic (exact) mass is 256 g/mol. The first-order valence-electron chi connectivity index (χ1n) is 5.15. The highest BCUT2D eigenvalue weighted by Gasteiger charge is 2.35. The summed E-state index contributed by atoms with van der Waals surface area (Å²) in [6, 6.07) is 2.99. The molecule has 0 amide bonds. The van der Waals surface area contributed by atoms with Crippen LogP contribution in [0.5, 0.6) is 0 Å². The van der Waals surface area contributed by atoms with Crippen LogP contribution in [0.3, 0.4) is 0 Å². The number of carboxylic acid groups (broad SMARTS) is 1. The number of carbonyl (C=O) groups is 1. The lowest BCUT2D eigenvalue weighted by Gasteiger charge is -2.15. The summed E-state index contributed by atoms with van der Waals surface area (Å²) in [6.45, 7) is 0.279. The first-order chi connectivity index (χ1) is 8.01. The number of rotatable bonds is 3. The van der Waals surface area contributed by atoms with E-state index in [1.165, 1.54) is 28.8 Å². The fraction of sp³-hybridized carbons (Fsp3) is 0.400. The molecule has 1 aromatic rings. The summed E-state index contributed by atoms with van der Waals surface area (Å²) in [5.41, 5.74) is 0. The van der Waals surface area contributed by atoms with Crippen molar-refractivity contribution in [3.63, 3.8) is 0 Å². The molecule has 2 heterocycles. The maximum Gasteiger partial charge on any atom is 0.307 e. The first-order valence-corrected chi connectivity index (χ1v) is 6.59. The molecule has 0 aliphatic carbocycles. The van der Waals surface area contributed by atoms with Gasteiger partial charge in [0.05, 0.1) is 5.92 Å². The SMILES string of the molecule is O=C(O)C1CCN(S(=O)(=O)c2cccnc2)C1. The van der Waals surface area contributed by atoms with Crippen molar-refractivity contribution in [2.75, 3.05) is 13.1 Å². The first kappa shape index (κ1) is 12.0. The highest BCUT2D eigenvalue weighted by molar-refractivity contribution is 7.89. The van der Waals surface area contributed by atoms with Gasteiger partial charge in [0.25, 0.3) is 0 Å². The molecule has 1 aliphatic rings. The number of pyridine rings is 1. The molecule has 2 rings (SSSR count). The fourth-order valence-corrected chi connectivity index (χ4v) is 3.26. The molecule has 7 heteroatoms. The summed E-state index contributed by atoms with van der Waals surface area (Å²) in [6.07, 6.45) is 3.11. The van der Waals surface area contributed by atoms with Crippen LogP contribution in [0.25, 0.3) is 0 Å². The molecule has 0 bridgehead atoms. The van der Waals surface area contributed by atoms with Crippen LogP contribution in [0, 0.1) is 5.92 Å². The Bertz CT molecular complexity index is 514. The normalized spacial score (nSPS) is 21.5. The summed E-state index contributed by atoms with van der Waals surface area (Å²) in [5.74, 6) is -1.56. The second kappa shape index (κ2) is 4.42. The van der Waals surface area contributed by atoms with Crippen LogP contribution in [0.15, 0.2) is 29.4 Å². The number of hydrogen-bond donors (Lipinski definition) is 1. The summed E-state index contributed by atoms with van der Waals surface area (Å²) in [7, 11) is -3.60. The lowest BCUT2D eigenvalue weighted by Crippen LogP contribution is -2.30. The van der Waals surface area contributed by atoms with Gasteiger partial charge < -0.3 is 5.11 Å². The van der Waals surface area contributed by atoms with Crippen molar-refractivity contribution < 1.29 is 18.3 Å². The standard InChI is InChI=1S/C10H12N2O4S/c13-10(14)8-3-5-12(7-8)17(15,16)9-2-1-4-11-6-9/h1-2,4,6,8H,3,5,7H2,(H,13,14). The van der Waals surface area contributed by atoms with Crippen LogP contribution in [-0.2, 0) is 14.8 Å². The van der Waals surface area contributed by atoms with Gasteiger partial charge in [-0.3, -0.25) is 9.78 Å². The molecule has 1 aromatic heterocycles. The molecule has 1 atom stereocenters. The summed E-state index contributed by atoms with van der Waals surface area (Å²) in [5, 5.41) is 8.83. The number of aliphatic carboxylic acids is 1. The Balaban J connectivity index is 2.22. The van der Waals surface area contributed by atoms with Crippen LogP contribution in [0.2, 0.25) is 0 Å². The summed E-state index contributed by atoms with van der Waals surface area (Å²) < 4.78 is 25.4. The van der Waals surface area contributed by atoms with Crippen molar-refractivity contribution in [3.8, 4) is 0 Å². The van der Waals surface area contributed by atoms with E-state index in [1.807, 2.05) is 0 Å². The van der Waals surface area contributed by atoms with E-state index in [-0.39, 0.29) is 18.0 Å². The molecule has 1 N–H and O–H groups in total. The predicted octanol–water partition coefficient (Wildman–Crippen LogP) is 0.177. The zero-order valence-electron chi connectivity index (χ0n) is 8.98. The van der Waals surface area contributed by atoms with E-state index in [0.717, 1.165) is 0 Å². The minimum Gasteiger partial charge on any atom is -0.481 e. The average molecular weight is 256 g/mol.